The number of fused-ring (bicyclic) bond motifs is 2. The second-order valence-electron chi connectivity index (χ2n) is 7.17. The molecule has 0 N–H and O–H groups in total. The summed E-state index contributed by atoms with van der Waals surface area (Å²) >= 11 is 6.35. The van der Waals surface area contributed by atoms with Gasteiger partial charge in [0.1, 0.15) is 5.82 Å². The van der Waals surface area contributed by atoms with Gasteiger partial charge in [-0.2, -0.15) is 0 Å². The maximum atomic E-state index is 6.35. The molecule has 3 aromatic carbocycles. The van der Waals surface area contributed by atoms with E-state index in [9.17, 15) is 0 Å². The molecule has 3 heteroatoms. The normalized spacial score (nSPS) is 18.6. The lowest BCUT2D eigenvalue weighted by atomic mass is 9.88. The molecule has 0 radical (unpaired) electrons. The van der Waals surface area contributed by atoms with Gasteiger partial charge < -0.3 is 9.80 Å². The van der Waals surface area contributed by atoms with Crippen LogP contribution in [0.3, 0.4) is 0 Å². The average molecular weight is 373 g/mol. The van der Waals surface area contributed by atoms with Crippen molar-refractivity contribution in [2.45, 2.75) is 12.5 Å². The quantitative estimate of drug-likeness (QED) is 0.573. The summed E-state index contributed by atoms with van der Waals surface area (Å²) in [5, 5.41) is 0.808. The van der Waals surface area contributed by atoms with Crippen LogP contribution in [0.5, 0.6) is 0 Å². The molecule has 0 saturated carbocycles. The number of nitrogens with zero attached hydrogens (tertiary/aromatic N) is 2. The van der Waals surface area contributed by atoms with Gasteiger partial charge in [0.25, 0.3) is 0 Å². The van der Waals surface area contributed by atoms with E-state index >= 15 is 0 Å². The monoisotopic (exact) mass is 372 g/mol. The Morgan fingerprint density at radius 2 is 1.56 bits per heavy atom. The predicted octanol–water partition coefficient (Wildman–Crippen LogP) is 5.65. The summed E-state index contributed by atoms with van der Waals surface area (Å²) in [5.74, 6) is 1.52. The van der Waals surface area contributed by atoms with E-state index < -0.39 is 0 Å². The van der Waals surface area contributed by atoms with Crippen LogP contribution in [0.4, 0.5) is 5.69 Å². The average Bonchev–Trinajstić information content (AvgIpc) is 3.03. The zero-order valence-corrected chi connectivity index (χ0v) is 15.8. The lowest BCUT2D eigenvalue weighted by Gasteiger charge is -2.24. The third-order valence-electron chi connectivity index (χ3n) is 5.54. The molecule has 2 heterocycles. The Morgan fingerprint density at radius 3 is 2.33 bits per heavy atom. The molecule has 0 spiro atoms. The maximum absolute atomic E-state index is 6.35. The Bertz CT molecular complexity index is 982. The summed E-state index contributed by atoms with van der Waals surface area (Å²) in [4.78, 5) is 4.91. The number of hydrogen-bond acceptors (Lipinski definition) is 2. The van der Waals surface area contributed by atoms with Crippen LogP contribution in [0.25, 0.3) is 0 Å². The smallest absolute Gasteiger partial charge is 0.106 e. The van der Waals surface area contributed by atoms with Gasteiger partial charge in [-0.3, -0.25) is 0 Å². The van der Waals surface area contributed by atoms with Crippen LogP contribution >= 0.6 is 11.6 Å². The molecule has 0 aromatic heterocycles. The van der Waals surface area contributed by atoms with Gasteiger partial charge in [-0.05, 0) is 47.0 Å². The van der Waals surface area contributed by atoms with Crippen LogP contribution in [0.2, 0.25) is 5.02 Å². The minimum atomic E-state index is 0.225. The Hall–Kier alpha value is -2.71. The SMILES string of the molecule is Clc1ccc2c(c1)CN1CCN(c3ccccc3)C1=CC2c1ccccc1. The number of anilines is 1. The summed E-state index contributed by atoms with van der Waals surface area (Å²) in [6, 6.07) is 27.8. The summed E-state index contributed by atoms with van der Waals surface area (Å²) in [7, 11) is 0. The van der Waals surface area contributed by atoms with Gasteiger partial charge in [0, 0.05) is 36.3 Å². The molecule has 134 valence electrons. The van der Waals surface area contributed by atoms with E-state index in [1.807, 2.05) is 6.07 Å². The third kappa shape index (κ3) is 3.00. The van der Waals surface area contributed by atoms with Crippen molar-refractivity contribution in [2.24, 2.45) is 0 Å². The molecule has 3 aromatic rings. The molecule has 2 nitrogen and oxygen atoms in total. The highest BCUT2D eigenvalue weighted by Gasteiger charge is 2.31. The van der Waals surface area contributed by atoms with Crippen molar-refractivity contribution >= 4 is 17.3 Å². The molecule has 27 heavy (non-hydrogen) atoms. The van der Waals surface area contributed by atoms with E-state index in [0.29, 0.717) is 0 Å². The van der Waals surface area contributed by atoms with Crippen LogP contribution in [0, 0.1) is 0 Å². The summed E-state index contributed by atoms with van der Waals surface area (Å²) in [5.41, 5.74) is 5.23. The van der Waals surface area contributed by atoms with Crippen LogP contribution in [0.15, 0.2) is 90.8 Å². The van der Waals surface area contributed by atoms with Crippen molar-refractivity contribution < 1.29 is 0 Å². The Kier molecular flexibility index (Phi) is 4.14. The van der Waals surface area contributed by atoms with Gasteiger partial charge in [0.15, 0.2) is 0 Å². The maximum Gasteiger partial charge on any atom is 0.106 e. The highest BCUT2D eigenvalue weighted by molar-refractivity contribution is 6.30. The van der Waals surface area contributed by atoms with E-state index in [4.69, 9.17) is 11.6 Å². The highest BCUT2D eigenvalue weighted by atomic mass is 35.5. The topological polar surface area (TPSA) is 6.48 Å². The summed E-state index contributed by atoms with van der Waals surface area (Å²) < 4.78 is 0. The van der Waals surface area contributed by atoms with Crippen LogP contribution in [-0.4, -0.2) is 18.0 Å². The number of rotatable bonds is 2. The van der Waals surface area contributed by atoms with Gasteiger partial charge in [0.05, 0.1) is 0 Å². The first-order valence-corrected chi connectivity index (χ1v) is 9.80. The predicted molar refractivity (Wildman–Crippen MR) is 112 cm³/mol. The molecule has 5 rings (SSSR count). The molecular weight excluding hydrogens is 352 g/mol. The number of halogens is 1. The number of hydrogen-bond donors (Lipinski definition) is 0. The van der Waals surface area contributed by atoms with Crippen molar-refractivity contribution in [3.63, 3.8) is 0 Å². The number of para-hydroxylation sites is 1. The summed E-state index contributed by atoms with van der Waals surface area (Å²) in [6.07, 6.45) is 2.43. The lowest BCUT2D eigenvalue weighted by Crippen LogP contribution is -2.22. The first-order chi connectivity index (χ1) is 13.3. The first-order valence-electron chi connectivity index (χ1n) is 9.42. The Morgan fingerprint density at radius 1 is 0.815 bits per heavy atom. The molecule has 1 atom stereocenters. The zero-order chi connectivity index (χ0) is 18.2. The number of benzene rings is 3. The van der Waals surface area contributed by atoms with Gasteiger partial charge in [-0.25, -0.2) is 0 Å². The highest BCUT2D eigenvalue weighted by Crippen LogP contribution is 2.39. The molecule has 1 unspecified atom stereocenters. The fraction of sp³-hybridized carbons (Fsp3) is 0.167. The second-order valence-corrected chi connectivity index (χ2v) is 7.60. The van der Waals surface area contributed by atoms with Crippen molar-refractivity contribution in [1.29, 1.82) is 0 Å². The molecule has 1 fully saturated rings. The van der Waals surface area contributed by atoms with Crippen LogP contribution in [-0.2, 0) is 6.54 Å². The van der Waals surface area contributed by atoms with Gasteiger partial charge in [0.2, 0.25) is 0 Å². The van der Waals surface area contributed by atoms with Crippen molar-refractivity contribution in [2.75, 3.05) is 18.0 Å². The lowest BCUT2D eigenvalue weighted by molar-refractivity contribution is 0.392. The van der Waals surface area contributed by atoms with Crippen LogP contribution < -0.4 is 4.90 Å². The molecule has 0 bridgehead atoms. The van der Waals surface area contributed by atoms with Crippen molar-refractivity contribution in [3.05, 3.63) is 112 Å². The van der Waals surface area contributed by atoms with Gasteiger partial charge in [-0.15, -0.1) is 0 Å². The first kappa shape index (κ1) is 16.5. The largest absolute Gasteiger partial charge is 0.352 e. The minimum absolute atomic E-state index is 0.225. The van der Waals surface area contributed by atoms with Crippen molar-refractivity contribution in [3.8, 4) is 0 Å². The molecule has 0 amide bonds. The Balaban J connectivity index is 1.65. The molecule has 2 aliphatic heterocycles. The minimum Gasteiger partial charge on any atom is -0.352 e. The molecule has 0 aliphatic carbocycles. The van der Waals surface area contributed by atoms with Gasteiger partial charge >= 0.3 is 0 Å². The molecular formula is C24H21ClN2. The van der Waals surface area contributed by atoms with E-state index in [2.05, 4.69) is 88.7 Å². The van der Waals surface area contributed by atoms with Crippen LogP contribution in [0.1, 0.15) is 22.6 Å². The van der Waals surface area contributed by atoms with E-state index in [-0.39, 0.29) is 5.92 Å². The number of allylic oxidation sites excluding steroid dienone is 1. The standard InChI is InChI=1S/C24H21ClN2/c25-20-11-12-22-19(15-20)17-26-13-14-27(21-9-5-2-6-10-21)24(26)16-23(22)18-7-3-1-4-8-18/h1-12,15-16,23H,13-14,17H2. The Labute approximate surface area is 165 Å². The fourth-order valence-electron chi connectivity index (χ4n) is 4.24. The van der Waals surface area contributed by atoms with E-state index in [1.54, 1.807) is 0 Å². The third-order valence-corrected chi connectivity index (χ3v) is 5.77. The second kappa shape index (κ2) is 6.79. The van der Waals surface area contributed by atoms with E-state index in [0.717, 1.165) is 24.7 Å². The molecule has 2 aliphatic rings. The summed E-state index contributed by atoms with van der Waals surface area (Å²) in [6.45, 7) is 2.93. The zero-order valence-electron chi connectivity index (χ0n) is 15.1. The molecule has 1 saturated heterocycles. The fourth-order valence-corrected chi connectivity index (χ4v) is 4.44. The van der Waals surface area contributed by atoms with Gasteiger partial charge in [-0.1, -0.05) is 66.2 Å². The van der Waals surface area contributed by atoms with E-state index in [1.165, 1.54) is 28.2 Å². The van der Waals surface area contributed by atoms with Crippen molar-refractivity contribution in [1.82, 2.24) is 4.90 Å².